The van der Waals surface area contributed by atoms with Crippen LogP contribution in [0.3, 0.4) is 0 Å². The highest BCUT2D eigenvalue weighted by molar-refractivity contribution is 5.26. The van der Waals surface area contributed by atoms with Crippen molar-refractivity contribution in [3.8, 4) is 0 Å². The van der Waals surface area contributed by atoms with Crippen LogP contribution in [0.15, 0.2) is 66.8 Å². The molecule has 0 radical (unpaired) electrons. The standard InChI is InChI=1S/C16H21N/c1-4-6-12-16(5-2)14(3)17-13-15-10-8-7-9-11-15/h4-12,14,17H,1,13H2,2-3H3/b12-6-,16-5+. The van der Waals surface area contributed by atoms with E-state index in [9.17, 15) is 0 Å². The van der Waals surface area contributed by atoms with Crippen LogP contribution in [0.2, 0.25) is 0 Å². The number of nitrogens with one attached hydrogen (secondary N) is 1. The van der Waals surface area contributed by atoms with Crippen molar-refractivity contribution in [1.29, 1.82) is 0 Å². The molecule has 0 saturated carbocycles. The van der Waals surface area contributed by atoms with Crippen LogP contribution in [-0.2, 0) is 6.54 Å². The molecule has 0 aromatic heterocycles. The van der Waals surface area contributed by atoms with Crippen molar-refractivity contribution >= 4 is 0 Å². The molecule has 0 spiro atoms. The summed E-state index contributed by atoms with van der Waals surface area (Å²) >= 11 is 0. The van der Waals surface area contributed by atoms with Crippen LogP contribution in [0.1, 0.15) is 19.4 Å². The van der Waals surface area contributed by atoms with Gasteiger partial charge in [0.2, 0.25) is 0 Å². The Bertz CT molecular complexity index is 387. The number of hydrogen-bond donors (Lipinski definition) is 1. The Morgan fingerprint density at radius 3 is 2.65 bits per heavy atom. The summed E-state index contributed by atoms with van der Waals surface area (Å²) in [6.07, 6.45) is 7.99. The predicted molar refractivity (Wildman–Crippen MR) is 75.8 cm³/mol. The van der Waals surface area contributed by atoms with E-state index in [1.165, 1.54) is 11.1 Å². The van der Waals surface area contributed by atoms with E-state index in [-0.39, 0.29) is 0 Å². The molecule has 0 heterocycles. The SMILES string of the molecule is C=C/C=C\C(=C/C)C(C)NCc1ccccc1. The molecule has 1 rings (SSSR count). The minimum absolute atomic E-state index is 0.344. The molecule has 0 aliphatic carbocycles. The van der Waals surface area contributed by atoms with Crippen molar-refractivity contribution in [1.82, 2.24) is 5.32 Å². The Hall–Kier alpha value is -1.60. The van der Waals surface area contributed by atoms with Gasteiger partial charge >= 0.3 is 0 Å². The quantitative estimate of drug-likeness (QED) is 0.728. The van der Waals surface area contributed by atoms with Crippen molar-refractivity contribution in [2.75, 3.05) is 0 Å². The molecule has 1 unspecified atom stereocenters. The topological polar surface area (TPSA) is 12.0 Å². The molecule has 0 aliphatic heterocycles. The molecule has 0 saturated heterocycles. The summed E-state index contributed by atoms with van der Waals surface area (Å²) in [6.45, 7) is 8.81. The summed E-state index contributed by atoms with van der Waals surface area (Å²) in [6, 6.07) is 10.8. The van der Waals surface area contributed by atoms with E-state index in [0.29, 0.717) is 6.04 Å². The fourth-order valence-electron chi connectivity index (χ4n) is 1.65. The van der Waals surface area contributed by atoms with Gasteiger partial charge in [0.25, 0.3) is 0 Å². The van der Waals surface area contributed by atoms with Gasteiger partial charge in [-0.1, -0.05) is 61.2 Å². The summed E-state index contributed by atoms with van der Waals surface area (Å²) in [5.74, 6) is 0. The summed E-state index contributed by atoms with van der Waals surface area (Å²) < 4.78 is 0. The van der Waals surface area contributed by atoms with Gasteiger partial charge in [-0.05, 0) is 25.0 Å². The lowest BCUT2D eigenvalue weighted by atomic mass is 10.1. The maximum atomic E-state index is 3.69. The summed E-state index contributed by atoms with van der Waals surface area (Å²) in [5.41, 5.74) is 2.59. The normalized spacial score (nSPS) is 13.9. The van der Waals surface area contributed by atoms with Crippen molar-refractivity contribution in [2.24, 2.45) is 0 Å². The minimum atomic E-state index is 0.344. The average Bonchev–Trinajstić information content (AvgIpc) is 2.38. The van der Waals surface area contributed by atoms with Gasteiger partial charge in [-0.25, -0.2) is 0 Å². The second kappa shape index (κ2) is 7.64. The zero-order valence-corrected chi connectivity index (χ0v) is 10.7. The van der Waals surface area contributed by atoms with Gasteiger partial charge in [-0.2, -0.15) is 0 Å². The van der Waals surface area contributed by atoms with Crippen molar-refractivity contribution < 1.29 is 0 Å². The third kappa shape index (κ3) is 4.83. The molecule has 17 heavy (non-hydrogen) atoms. The second-order valence-electron chi connectivity index (χ2n) is 3.97. The minimum Gasteiger partial charge on any atom is -0.306 e. The largest absolute Gasteiger partial charge is 0.306 e. The zero-order chi connectivity index (χ0) is 12.5. The molecule has 0 amide bonds. The van der Waals surface area contributed by atoms with Gasteiger partial charge in [0, 0.05) is 12.6 Å². The third-order valence-corrected chi connectivity index (χ3v) is 2.71. The van der Waals surface area contributed by atoms with E-state index in [1.807, 2.05) is 12.1 Å². The molecule has 1 heteroatoms. The van der Waals surface area contributed by atoms with E-state index in [0.717, 1.165) is 6.54 Å². The van der Waals surface area contributed by atoms with Crippen LogP contribution in [0.5, 0.6) is 0 Å². The molecule has 0 bridgehead atoms. The molecule has 1 N–H and O–H groups in total. The first kappa shape index (κ1) is 13.5. The Morgan fingerprint density at radius 1 is 1.35 bits per heavy atom. The Balaban J connectivity index is 2.51. The van der Waals surface area contributed by atoms with Crippen LogP contribution in [-0.4, -0.2) is 6.04 Å². The van der Waals surface area contributed by atoms with E-state index in [2.05, 4.69) is 62.2 Å². The highest BCUT2D eigenvalue weighted by atomic mass is 14.9. The van der Waals surface area contributed by atoms with Crippen LogP contribution < -0.4 is 5.32 Å². The van der Waals surface area contributed by atoms with Crippen molar-refractivity contribution in [3.63, 3.8) is 0 Å². The Labute approximate surface area is 105 Å². The summed E-state index contributed by atoms with van der Waals surface area (Å²) in [7, 11) is 0. The number of rotatable bonds is 6. The van der Waals surface area contributed by atoms with Crippen molar-refractivity contribution in [3.05, 3.63) is 72.4 Å². The van der Waals surface area contributed by atoms with E-state index >= 15 is 0 Å². The number of hydrogen-bond acceptors (Lipinski definition) is 1. The zero-order valence-electron chi connectivity index (χ0n) is 10.7. The number of benzene rings is 1. The first-order valence-corrected chi connectivity index (χ1v) is 6.00. The molecule has 1 nitrogen and oxygen atoms in total. The first-order chi connectivity index (χ1) is 8.27. The lowest BCUT2D eigenvalue weighted by molar-refractivity contribution is 0.616. The molecular formula is C16H21N. The third-order valence-electron chi connectivity index (χ3n) is 2.71. The first-order valence-electron chi connectivity index (χ1n) is 6.00. The molecule has 0 aliphatic rings. The fraction of sp³-hybridized carbons (Fsp3) is 0.250. The highest BCUT2D eigenvalue weighted by Gasteiger charge is 2.03. The monoisotopic (exact) mass is 227 g/mol. The van der Waals surface area contributed by atoms with Crippen LogP contribution >= 0.6 is 0 Å². The van der Waals surface area contributed by atoms with Crippen molar-refractivity contribution in [2.45, 2.75) is 26.4 Å². The maximum Gasteiger partial charge on any atom is 0.0291 e. The van der Waals surface area contributed by atoms with Gasteiger partial charge in [-0.3, -0.25) is 0 Å². The van der Waals surface area contributed by atoms with Gasteiger partial charge in [0.15, 0.2) is 0 Å². The van der Waals surface area contributed by atoms with Crippen LogP contribution in [0.25, 0.3) is 0 Å². The van der Waals surface area contributed by atoms with Gasteiger partial charge in [0.05, 0.1) is 0 Å². The predicted octanol–water partition coefficient (Wildman–Crippen LogP) is 3.85. The molecule has 1 aromatic carbocycles. The van der Waals surface area contributed by atoms with Crippen LogP contribution in [0, 0.1) is 0 Å². The lowest BCUT2D eigenvalue weighted by Crippen LogP contribution is -2.26. The molecule has 90 valence electrons. The fourth-order valence-corrected chi connectivity index (χ4v) is 1.65. The van der Waals surface area contributed by atoms with E-state index in [4.69, 9.17) is 0 Å². The molecule has 1 atom stereocenters. The van der Waals surface area contributed by atoms with Crippen LogP contribution in [0.4, 0.5) is 0 Å². The number of allylic oxidation sites excluding steroid dienone is 3. The molecule has 0 fully saturated rings. The Kier molecular flexibility index (Phi) is 6.05. The smallest absolute Gasteiger partial charge is 0.0291 e. The molecule has 1 aromatic rings. The highest BCUT2D eigenvalue weighted by Crippen LogP contribution is 2.06. The van der Waals surface area contributed by atoms with Gasteiger partial charge in [0.1, 0.15) is 0 Å². The Morgan fingerprint density at radius 2 is 2.06 bits per heavy atom. The lowest BCUT2D eigenvalue weighted by Gasteiger charge is -2.15. The molecular weight excluding hydrogens is 206 g/mol. The van der Waals surface area contributed by atoms with E-state index in [1.54, 1.807) is 6.08 Å². The maximum absolute atomic E-state index is 3.69. The van der Waals surface area contributed by atoms with Gasteiger partial charge < -0.3 is 5.32 Å². The second-order valence-corrected chi connectivity index (χ2v) is 3.97. The van der Waals surface area contributed by atoms with Gasteiger partial charge in [-0.15, -0.1) is 0 Å². The van der Waals surface area contributed by atoms with E-state index < -0.39 is 0 Å². The summed E-state index contributed by atoms with van der Waals surface area (Å²) in [5, 5.41) is 3.50. The average molecular weight is 227 g/mol. The summed E-state index contributed by atoms with van der Waals surface area (Å²) in [4.78, 5) is 0.